The first kappa shape index (κ1) is 27.5. The summed E-state index contributed by atoms with van der Waals surface area (Å²) in [7, 11) is -3.72. The normalized spacial score (nSPS) is 15.2. The molecule has 13 heteroatoms. The van der Waals surface area contributed by atoms with Crippen molar-refractivity contribution in [1.82, 2.24) is 20.7 Å². The Morgan fingerprint density at radius 1 is 1.11 bits per heavy atom. The van der Waals surface area contributed by atoms with Gasteiger partial charge in [0.15, 0.2) is 0 Å². The van der Waals surface area contributed by atoms with Crippen molar-refractivity contribution in [3.63, 3.8) is 0 Å². The summed E-state index contributed by atoms with van der Waals surface area (Å²) in [6.07, 6.45) is 0.498. The summed E-state index contributed by atoms with van der Waals surface area (Å²) in [5.41, 5.74) is -0.163. The molecule has 36 heavy (non-hydrogen) atoms. The van der Waals surface area contributed by atoms with E-state index >= 15 is 0 Å². The molecular formula is C23H28ClN5O6S. The van der Waals surface area contributed by atoms with Crippen LogP contribution in [0.1, 0.15) is 24.0 Å². The number of nitro benzene ring substituents is 1. The van der Waals surface area contributed by atoms with E-state index in [0.717, 1.165) is 5.56 Å². The molecule has 0 aromatic heterocycles. The van der Waals surface area contributed by atoms with Crippen LogP contribution in [0, 0.1) is 17.0 Å². The van der Waals surface area contributed by atoms with E-state index in [9.17, 15) is 28.1 Å². The molecule has 0 saturated carbocycles. The van der Waals surface area contributed by atoms with E-state index in [1.54, 1.807) is 12.1 Å². The second kappa shape index (κ2) is 11.8. The summed E-state index contributed by atoms with van der Waals surface area (Å²) >= 11 is 5.83. The zero-order valence-corrected chi connectivity index (χ0v) is 21.2. The van der Waals surface area contributed by atoms with Gasteiger partial charge in [-0.05, 0) is 56.6 Å². The lowest BCUT2D eigenvalue weighted by atomic mass is 9.86. The summed E-state index contributed by atoms with van der Waals surface area (Å²) in [4.78, 5) is 36.5. The van der Waals surface area contributed by atoms with Crippen molar-refractivity contribution in [2.75, 3.05) is 26.2 Å². The lowest BCUT2D eigenvalue weighted by Gasteiger charge is -2.37. The van der Waals surface area contributed by atoms with Gasteiger partial charge in [0.05, 0.1) is 16.2 Å². The van der Waals surface area contributed by atoms with E-state index in [-0.39, 0.29) is 35.1 Å². The fourth-order valence-corrected chi connectivity index (χ4v) is 5.12. The van der Waals surface area contributed by atoms with E-state index in [1.807, 2.05) is 6.92 Å². The van der Waals surface area contributed by atoms with Gasteiger partial charge in [0, 0.05) is 19.2 Å². The van der Waals surface area contributed by atoms with Crippen molar-refractivity contribution in [2.45, 2.75) is 36.6 Å². The number of nitrogens with zero attached hydrogens (tertiary/aromatic N) is 1. The van der Waals surface area contributed by atoms with Gasteiger partial charge in [0.25, 0.3) is 5.69 Å². The van der Waals surface area contributed by atoms with Crippen LogP contribution in [0.15, 0.2) is 47.4 Å². The Hall–Kier alpha value is -3.06. The maximum Gasteiger partial charge on any atom is 0.288 e. The Balaban J connectivity index is 1.60. The number of hydrogen-bond acceptors (Lipinski definition) is 7. The number of carbonyl (C=O) groups excluding carboxylic acids is 2. The van der Waals surface area contributed by atoms with E-state index in [1.165, 1.54) is 30.3 Å². The molecule has 0 unspecified atom stereocenters. The maximum absolute atomic E-state index is 13.1. The molecule has 1 fully saturated rings. The molecule has 0 bridgehead atoms. The smallest absolute Gasteiger partial charge is 0.288 e. The predicted molar refractivity (Wildman–Crippen MR) is 134 cm³/mol. The molecule has 1 aliphatic rings. The van der Waals surface area contributed by atoms with Crippen molar-refractivity contribution < 1.29 is 22.9 Å². The molecule has 2 amide bonds. The zero-order chi connectivity index (χ0) is 26.3. The van der Waals surface area contributed by atoms with Gasteiger partial charge in [-0.15, -0.1) is 0 Å². The molecule has 1 heterocycles. The van der Waals surface area contributed by atoms with Crippen molar-refractivity contribution in [3.05, 3.63) is 68.7 Å². The highest BCUT2D eigenvalue weighted by molar-refractivity contribution is 7.89. The number of sulfonamides is 1. The molecule has 11 nitrogen and oxygen atoms in total. The van der Waals surface area contributed by atoms with Crippen LogP contribution in [0.5, 0.6) is 0 Å². The molecule has 2 aromatic carbocycles. The number of halogens is 1. The molecule has 1 saturated heterocycles. The Morgan fingerprint density at radius 2 is 1.78 bits per heavy atom. The van der Waals surface area contributed by atoms with Gasteiger partial charge in [-0.2, -0.15) is 0 Å². The standard InChI is InChI=1S/C23H28ClN5O6S/c1-16-2-5-18(6-3-16)36(34,35)27-13-12-26-22(31)23(8-10-25-11-9-23)28-21(30)15-17-4-7-19(24)20(14-17)29(32)33/h2-7,14,25,27H,8-13,15H2,1H3,(H,26,31)(H,28,30). The highest BCUT2D eigenvalue weighted by Gasteiger charge is 2.40. The Morgan fingerprint density at radius 3 is 2.42 bits per heavy atom. The second-order valence-electron chi connectivity index (χ2n) is 8.57. The third kappa shape index (κ3) is 7.00. The quantitative estimate of drug-likeness (QED) is 0.202. The molecule has 1 aliphatic heterocycles. The molecule has 0 atom stereocenters. The number of piperidine rings is 1. The number of nitro groups is 1. The second-order valence-corrected chi connectivity index (χ2v) is 10.7. The third-order valence-corrected chi connectivity index (χ3v) is 7.67. The minimum Gasteiger partial charge on any atom is -0.353 e. The SMILES string of the molecule is Cc1ccc(S(=O)(=O)NCCNC(=O)C2(NC(=O)Cc3ccc(Cl)c([N+](=O)[O-])c3)CCNCC2)cc1. The third-order valence-electron chi connectivity index (χ3n) is 5.88. The number of amides is 2. The van der Waals surface area contributed by atoms with Crippen LogP contribution in [0.25, 0.3) is 0 Å². The fourth-order valence-electron chi connectivity index (χ4n) is 3.90. The molecular weight excluding hydrogens is 510 g/mol. The highest BCUT2D eigenvalue weighted by Crippen LogP contribution is 2.26. The van der Waals surface area contributed by atoms with Crippen LogP contribution >= 0.6 is 11.6 Å². The maximum atomic E-state index is 13.1. The van der Waals surface area contributed by atoms with E-state index < -0.39 is 32.3 Å². The van der Waals surface area contributed by atoms with Gasteiger partial charge in [-0.3, -0.25) is 19.7 Å². The van der Waals surface area contributed by atoms with E-state index in [4.69, 9.17) is 11.6 Å². The first-order valence-corrected chi connectivity index (χ1v) is 13.2. The number of carbonyl (C=O) groups is 2. The first-order chi connectivity index (χ1) is 17.0. The minimum absolute atomic E-state index is 0.0261. The van der Waals surface area contributed by atoms with Gasteiger partial charge in [-0.1, -0.05) is 35.4 Å². The fraction of sp³-hybridized carbons (Fsp3) is 0.391. The van der Waals surface area contributed by atoms with Crippen LogP contribution in [0.2, 0.25) is 5.02 Å². The summed E-state index contributed by atoms with van der Waals surface area (Å²) < 4.78 is 27.3. The molecule has 194 valence electrons. The van der Waals surface area contributed by atoms with Gasteiger partial charge >= 0.3 is 0 Å². The summed E-state index contributed by atoms with van der Waals surface area (Å²) in [6, 6.07) is 10.5. The lowest BCUT2D eigenvalue weighted by Crippen LogP contribution is -2.63. The predicted octanol–water partition coefficient (Wildman–Crippen LogP) is 1.43. The Labute approximate surface area is 214 Å². The minimum atomic E-state index is -3.72. The van der Waals surface area contributed by atoms with Crippen LogP contribution < -0.4 is 20.7 Å². The number of hydrogen-bond donors (Lipinski definition) is 4. The van der Waals surface area contributed by atoms with Crippen LogP contribution in [0.3, 0.4) is 0 Å². The molecule has 3 rings (SSSR count). The molecule has 2 aromatic rings. The number of rotatable bonds is 10. The average Bonchev–Trinajstić information content (AvgIpc) is 2.83. The molecule has 0 radical (unpaired) electrons. The molecule has 4 N–H and O–H groups in total. The topological polar surface area (TPSA) is 160 Å². The zero-order valence-electron chi connectivity index (χ0n) is 19.7. The number of nitrogens with one attached hydrogen (secondary N) is 4. The van der Waals surface area contributed by atoms with E-state index in [2.05, 4.69) is 20.7 Å². The molecule has 0 aliphatic carbocycles. The van der Waals surface area contributed by atoms with Gasteiger partial charge in [0.1, 0.15) is 10.6 Å². The van der Waals surface area contributed by atoms with Crippen molar-refractivity contribution >= 4 is 39.1 Å². The van der Waals surface area contributed by atoms with Gasteiger partial charge in [-0.25, -0.2) is 13.1 Å². The summed E-state index contributed by atoms with van der Waals surface area (Å²) in [6.45, 7) is 2.85. The Bertz CT molecular complexity index is 1230. The number of aryl methyl sites for hydroxylation is 1. The van der Waals surface area contributed by atoms with Crippen molar-refractivity contribution in [3.8, 4) is 0 Å². The monoisotopic (exact) mass is 537 g/mol. The van der Waals surface area contributed by atoms with Crippen LogP contribution in [-0.4, -0.2) is 56.9 Å². The number of benzene rings is 2. The highest BCUT2D eigenvalue weighted by atomic mass is 35.5. The van der Waals surface area contributed by atoms with Crippen LogP contribution in [0.4, 0.5) is 5.69 Å². The van der Waals surface area contributed by atoms with Crippen molar-refractivity contribution in [1.29, 1.82) is 0 Å². The molecule has 0 spiro atoms. The van der Waals surface area contributed by atoms with Gasteiger partial charge < -0.3 is 16.0 Å². The lowest BCUT2D eigenvalue weighted by molar-refractivity contribution is -0.384. The Kier molecular flexibility index (Phi) is 9.01. The van der Waals surface area contributed by atoms with Crippen LogP contribution in [-0.2, 0) is 26.0 Å². The summed E-state index contributed by atoms with van der Waals surface area (Å²) in [5, 5.41) is 19.7. The first-order valence-electron chi connectivity index (χ1n) is 11.3. The average molecular weight is 538 g/mol. The van der Waals surface area contributed by atoms with E-state index in [0.29, 0.717) is 31.5 Å². The van der Waals surface area contributed by atoms with Crippen molar-refractivity contribution in [2.24, 2.45) is 0 Å². The van der Waals surface area contributed by atoms with Gasteiger partial charge in [0.2, 0.25) is 21.8 Å². The largest absolute Gasteiger partial charge is 0.353 e. The summed E-state index contributed by atoms with van der Waals surface area (Å²) in [5.74, 6) is -0.891.